The third-order valence-corrected chi connectivity index (χ3v) is 6.67. The number of rotatable bonds is 6. The van der Waals surface area contributed by atoms with Crippen molar-refractivity contribution in [3.63, 3.8) is 0 Å². The number of carbonyl (C=O) groups excluding carboxylic acids is 1. The number of amides is 1. The lowest BCUT2D eigenvalue weighted by Gasteiger charge is -2.26. The number of carbonyl (C=O) groups is 1. The van der Waals surface area contributed by atoms with Gasteiger partial charge >= 0.3 is 0 Å². The predicted octanol–water partition coefficient (Wildman–Crippen LogP) is 4.27. The first-order chi connectivity index (χ1) is 13.8. The molecule has 0 radical (unpaired) electrons. The van der Waals surface area contributed by atoms with Crippen molar-refractivity contribution in [3.05, 3.63) is 71.9 Å². The highest BCUT2D eigenvalue weighted by Crippen LogP contribution is 2.43. The Bertz CT molecular complexity index is 966. The highest BCUT2D eigenvalue weighted by atomic mass is 32.1. The lowest BCUT2D eigenvalue weighted by molar-refractivity contribution is -0.122. The maximum Gasteiger partial charge on any atom is 0.243 e. The second-order valence-electron chi connectivity index (χ2n) is 7.66. The van der Waals surface area contributed by atoms with E-state index in [9.17, 15) is 4.79 Å². The molecule has 1 aliphatic carbocycles. The maximum atomic E-state index is 13.0. The van der Waals surface area contributed by atoms with Crippen LogP contribution >= 0.6 is 11.3 Å². The summed E-state index contributed by atoms with van der Waals surface area (Å²) in [5.41, 5.74) is 3.35. The number of anilines is 1. The second kappa shape index (κ2) is 7.40. The number of nitrogens with one attached hydrogen (secondary N) is 1. The van der Waals surface area contributed by atoms with E-state index in [0.29, 0.717) is 13.0 Å². The average molecular weight is 390 g/mol. The number of hydrogen-bond donors (Lipinski definition) is 1. The van der Waals surface area contributed by atoms with E-state index < -0.39 is 0 Å². The number of fused-ring (bicyclic) bond motifs is 1. The highest BCUT2D eigenvalue weighted by Gasteiger charge is 2.40. The molecule has 4 nitrogen and oxygen atoms in total. The zero-order chi connectivity index (χ0) is 18.9. The molecule has 2 heterocycles. The molecule has 1 fully saturated rings. The van der Waals surface area contributed by atoms with Crippen molar-refractivity contribution in [2.45, 2.75) is 31.8 Å². The van der Waals surface area contributed by atoms with E-state index in [-0.39, 0.29) is 11.9 Å². The van der Waals surface area contributed by atoms with Gasteiger partial charge in [0, 0.05) is 25.1 Å². The number of benzene rings is 2. The van der Waals surface area contributed by atoms with E-state index >= 15 is 0 Å². The van der Waals surface area contributed by atoms with Crippen molar-refractivity contribution >= 4 is 22.2 Å². The van der Waals surface area contributed by atoms with E-state index in [2.05, 4.69) is 22.3 Å². The Labute approximate surface area is 169 Å². The van der Waals surface area contributed by atoms with Crippen LogP contribution < -0.4 is 10.2 Å². The molecule has 1 unspecified atom stereocenters. The summed E-state index contributed by atoms with van der Waals surface area (Å²) in [4.78, 5) is 20.2. The summed E-state index contributed by atoms with van der Waals surface area (Å²) in [7, 11) is 0. The zero-order valence-corrected chi connectivity index (χ0v) is 16.5. The summed E-state index contributed by atoms with van der Waals surface area (Å²) in [6.45, 7) is 1.54. The Kier molecular flexibility index (Phi) is 4.61. The monoisotopic (exact) mass is 389 g/mol. The highest BCUT2D eigenvalue weighted by molar-refractivity contribution is 7.19. The van der Waals surface area contributed by atoms with E-state index in [1.807, 2.05) is 48.5 Å². The van der Waals surface area contributed by atoms with Gasteiger partial charge in [-0.2, -0.15) is 0 Å². The molecule has 1 atom stereocenters. The van der Waals surface area contributed by atoms with Crippen LogP contribution in [0.25, 0.3) is 10.6 Å². The topological polar surface area (TPSA) is 45.2 Å². The van der Waals surface area contributed by atoms with Gasteiger partial charge in [-0.1, -0.05) is 72.0 Å². The molecule has 0 spiro atoms. The summed E-state index contributed by atoms with van der Waals surface area (Å²) in [5.74, 6) is 0.827. The van der Waals surface area contributed by atoms with Crippen molar-refractivity contribution in [1.82, 2.24) is 10.3 Å². The van der Waals surface area contributed by atoms with Crippen molar-refractivity contribution in [2.24, 2.45) is 5.92 Å². The fraction of sp³-hybridized carbons (Fsp3) is 0.304. The standard InChI is InChI=1S/C23H23N3OS/c27-21(24-14-16-7-3-1-4-8-16)20-13-19-23(26(20)15-17-11-12-17)28-22(25-19)18-9-5-2-6-10-18/h1-10,17,20H,11-15H2,(H,24,27). The molecule has 5 heteroatoms. The molecule has 2 aliphatic rings. The Morgan fingerprint density at radius 3 is 2.50 bits per heavy atom. The minimum Gasteiger partial charge on any atom is -0.350 e. The lowest BCUT2D eigenvalue weighted by Crippen LogP contribution is -2.45. The first-order valence-electron chi connectivity index (χ1n) is 9.91. The normalized spacial score (nSPS) is 18.1. The van der Waals surface area contributed by atoms with E-state index in [1.54, 1.807) is 11.3 Å². The molecule has 2 aromatic carbocycles. The van der Waals surface area contributed by atoms with Crippen LogP contribution in [-0.2, 0) is 17.8 Å². The Hall–Kier alpha value is -2.66. The van der Waals surface area contributed by atoms with Crippen molar-refractivity contribution < 1.29 is 4.79 Å². The van der Waals surface area contributed by atoms with Gasteiger partial charge in [-0.15, -0.1) is 0 Å². The summed E-state index contributed by atoms with van der Waals surface area (Å²) >= 11 is 1.72. The summed E-state index contributed by atoms with van der Waals surface area (Å²) < 4.78 is 0. The van der Waals surface area contributed by atoms with Crippen LogP contribution in [-0.4, -0.2) is 23.5 Å². The molecule has 28 heavy (non-hydrogen) atoms. The lowest BCUT2D eigenvalue weighted by atomic mass is 10.1. The zero-order valence-electron chi connectivity index (χ0n) is 15.7. The minimum atomic E-state index is -0.136. The van der Waals surface area contributed by atoms with Gasteiger partial charge in [0.15, 0.2) is 0 Å². The molecule has 5 rings (SSSR count). The SMILES string of the molecule is O=C(NCc1ccccc1)C1Cc2nc(-c3ccccc3)sc2N1CC1CC1. The minimum absolute atomic E-state index is 0.107. The predicted molar refractivity (Wildman–Crippen MR) is 113 cm³/mol. The number of nitrogens with zero attached hydrogens (tertiary/aromatic N) is 2. The molecule has 142 valence electrons. The van der Waals surface area contributed by atoms with Crippen LogP contribution in [0.4, 0.5) is 5.00 Å². The van der Waals surface area contributed by atoms with Crippen LogP contribution in [0.3, 0.4) is 0 Å². The molecular formula is C23H23N3OS. The largest absolute Gasteiger partial charge is 0.350 e. The Morgan fingerprint density at radius 2 is 1.79 bits per heavy atom. The quantitative estimate of drug-likeness (QED) is 0.685. The van der Waals surface area contributed by atoms with Crippen LogP contribution in [0, 0.1) is 5.92 Å². The molecule has 1 aliphatic heterocycles. The van der Waals surface area contributed by atoms with Crippen molar-refractivity contribution in [2.75, 3.05) is 11.4 Å². The van der Waals surface area contributed by atoms with Crippen molar-refractivity contribution in [1.29, 1.82) is 0 Å². The van der Waals surface area contributed by atoms with Crippen LogP contribution in [0.1, 0.15) is 24.1 Å². The van der Waals surface area contributed by atoms with Gasteiger partial charge in [0.1, 0.15) is 16.1 Å². The van der Waals surface area contributed by atoms with Gasteiger partial charge in [-0.3, -0.25) is 4.79 Å². The molecule has 0 saturated heterocycles. The third-order valence-electron chi connectivity index (χ3n) is 5.49. The van der Waals surface area contributed by atoms with E-state index in [1.165, 1.54) is 17.8 Å². The smallest absolute Gasteiger partial charge is 0.243 e. The van der Waals surface area contributed by atoms with Gasteiger partial charge < -0.3 is 10.2 Å². The second-order valence-corrected chi connectivity index (χ2v) is 8.63. The molecule has 1 saturated carbocycles. The fourth-order valence-corrected chi connectivity index (χ4v) is 4.92. The van der Waals surface area contributed by atoms with E-state index in [0.717, 1.165) is 34.3 Å². The van der Waals surface area contributed by atoms with Crippen LogP contribution in [0.15, 0.2) is 60.7 Å². The van der Waals surface area contributed by atoms with Gasteiger partial charge in [-0.05, 0) is 24.3 Å². The molecular weight excluding hydrogens is 366 g/mol. The number of thiazole rings is 1. The maximum absolute atomic E-state index is 13.0. The number of aromatic nitrogens is 1. The van der Waals surface area contributed by atoms with Gasteiger partial charge in [0.2, 0.25) is 5.91 Å². The van der Waals surface area contributed by atoms with Crippen LogP contribution in [0.2, 0.25) is 0 Å². The molecule has 1 aromatic heterocycles. The van der Waals surface area contributed by atoms with Gasteiger partial charge in [-0.25, -0.2) is 4.98 Å². The van der Waals surface area contributed by atoms with Gasteiger partial charge in [0.05, 0.1) is 5.69 Å². The Balaban J connectivity index is 1.35. The molecule has 0 bridgehead atoms. The average Bonchev–Trinajstić information content (AvgIpc) is 3.37. The molecule has 1 amide bonds. The summed E-state index contributed by atoms with van der Waals surface area (Å²) in [5, 5.41) is 5.37. The third kappa shape index (κ3) is 3.54. The molecule has 3 aromatic rings. The first-order valence-corrected chi connectivity index (χ1v) is 10.7. The fourth-order valence-electron chi connectivity index (χ4n) is 3.77. The summed E-state index contributed by atoms with van der Waals surface area (Å²) in [6, 6.07) is 20.3. The van der Waals surface area contributed by atoms with Crippen LogP contribution in [0.5, 0.6) is 0 Å². The molecule has 1 N–H and O–H groups in total. The summed E-state index contributed by atoms with van der Waals surface area (Å²) in [6.07, 6.45) is 3.25. The van der Waals surface area contributed by atoms with Gasteiger partial charge in [0.25, 0.3) is 0 Å². The Morgan fingerprint density at radius 1 is 1.07 bits per heavy atom. The van der Waals surface area contributed by atoms with Crippen molar-refractivity contribution in [3.8, 4) is 10.6 Å². The first kappa shape index (κ1) is 17.4. The van der Waals surface area contributed by atoms with E-state index in [4.69, 9.17) is 4.98 Å². The number of hydrogen-bond acceptors (Lipinski definition) is 4.